The van der Waals surface area contributed by atoms with E-state index in [2.05, 4.69) is 27.4 Å². The van der Waals surface area contributed by atoms with Crippen LogP contribution in [0.3, 0.4) is 0 Å². The monoisotopic (exact) mass is 364 g/mol. The molecule has 0 saturated carbocycles. The van der Waals surface area contributed by atoms with Gasteiger partial charge >= 0.3 is 0 Å². The molecular formula is C26H52. The van der Waals surface area contributed by atoms with Crippen molar-refractivity contribution in [3.8, 4) is 0 Å². The summed E-state index contributed by atoms with van der Waals surface area (Å²) in [5.41, 5.74) is 1.54. The summed E-state index contributed by atoms with van der Waals surface area (Å²) >= 11 is 0. The molecule has 0 amide bonds. The molecule has 0 unspecified atom stereocenters. The molecule has 156 valence electrons. The second-order valence-corrected chi connectivity index (χ2v) is 8.74. The largest absolute Gasteiger partial charge is 0.0999 e. The van der Waals surface area contributed by atoms with Crippen LogP contribution in [0.25, 0.3) is 0 Å². The molecule has 0 heterocycles. The third kappa shape index (κ3) is 18.5. The Morgan fingerprint density at radius 3 is 1.38 bits per heavy atom. The summed E-state index contributed by atoms with van der Waals surface area (Å²) in [5, 5.41) is 0. The van der Waals surface area contributed by atoms with Crippen molar-refractivity contribution in [1.29, 1.82) is 0 Å². The van der Waals surface area contributed by atoms with Gasteiger partial charge in [0.25, 0.3) is 0 Å². The zero-order chi connectivity index (χ0) is 19.3. The van der Waals surface area contributed by atoms with Crippen molar-refractivity contribution < 1.29 is 0 Å². The normalized spacial score (nSPS) is 11.4. The van der Waals surface area contributed by atoms with Gasteiger partial charge in [0, 0.05) is 0 Å². The van der Waals surface area contributed by atoms with Gasteiger partial charge in [0.2, 0.25) is 0 Å². The van der Waals surface area contributed by atoms with Crippen molar-refractivity contribution in [2.45, 2.75) is 149 Å². The van der Waals surface area contributed by atoms with Gasteiger partial charge < -0.3 is 0 Å². The minimum absolute atomic E-state index is 0.922. The van der Waals surface area contributed by atoms with Crippen molar-refractivity contribution in [2.75, 3.05) is 0 Å². The lowest BCUT2D eigenvalue weighted by molar-refractivity contribution is 0.396. The molecule has 0 N–H and O–H groups in total. The fraction of sp³-hybridized carbons (Fsp3) is 0.923. The van der Waals surface area contributed by atoms with Crippen LogP contribution in [0.5, 0.6) is 0 Å². The van der Waals surface area contributed by atoms with Crippen LogP contribution in [0, 0.1) is 5.92 Å². The molecule has 0 aromatic heterocycles. The Bertz CT molecular complexity index is 262. The van der Waals surface area contributed by atoms with Gasteiger partial charge in [-0.1, -0.05) is 142 Å². The smallest absolute Gasteiger partial charge is 0.0294 e. The van der Waals surface area contributed by atoms with Crippen molar-refractivity contribution in [3.63, 3.8) is 0 Å². The molecule has 0 fully saturated rings. The van der Waals surface area contributed by atoms with Crippen molar-refractivity contribution in [2.24, 2.45) is 5.92 Å². The van der Waals surface area contributed by atoms with Gasteiger partial charge in [0.15, 0.2) is 0 Å². The maximum absolute atomic E-state index is 4.43. The predicted octanol–water partition coefficient (Wildman–Crippen LogP) is 10.0. The Morgan fingerprint density at radius 1 is 0.538 bits per heavy atom. The van der Waals surface area contributed by atoms with Gasteiger partial charge in [0.05, 0.1) is 0 Å². The van der Waals surface area contributed by atoms with Crippen LogP contribution in [-0.2, 0) is 0 Å². The molecule has 0 nitrogen and oxygen atoms in total. The van der Waals surface area contributed by atoms with Gasteiger partial charge in [-0.05, 0) is 25.2 Å². The molecule has 0 aliphatic rings. The van der Waals surface area contributed by atoms with Crippen LogP contribution in [0.1, 0.15) is 149 Å². The highest BCUT2D eigenvalue weighted by Gasteiger charge is 2.10. The van der Waals surface area contributed by atoms with Gasteiger partial charge in [-0.3, -0.25) is 0 Å². The number of hydrogen-bond acceptors (Lipinski definition) is 0. The molecule has 0 radical (unpaired) electrons. The summed E-state index contributed by atoms with van der Waals surface area (Å²) in [6.07, 6.45) is 28.2. The van der Waals surface area contributed by atoms with Crippen molar-refractivity contribution >= 4 is 0 Å². The van der Waals surface area contributed by atoms with Crippen LogP contribution in [0.2, 0.25) is 0 Å². The van der Waals surface area contributed by atoms with E-state index in [0.717, 1.165) is 5.92 Å². The third-order valence-electron chi connectivity index (χ3n) is 5.89. The Hall–Kier alpha value is -0.260. The molecule has 0 heteroatoms. The SMILES string of the molecule is C=C(CCCCCC)CC(CCCCCCCC)CCCCCCCC. The Kier molecular flexibility index (Phi) is 20.8. The second-order valence-electron chi connectivity index (χ2n) is 8.74. The number of allylic oxidation sites excluding steroid dienone is 1. The zero-order valence-electron chi connectivity index (χ0n) is 18.9. The average molecular weight is 365 g/mol. The summed E-state index contributed by atoms with van der Waals surface area (Å²) in [5.74, 6) is 0.922. The van der Waals surface area contributed by atoms with E-state index in [1.807, 2.05) is 0 Å². The maximum Gasteiger partial charge on any atom is -0.0294 e. The lowest BCUT2D eigenvalue weighted by atomic mass is 9.87. The molecule has 0 aliphatic carbocycles. The lowest BCUT2D eigenvalue weighted by Crippen LogP contribution is -2.03. The molecule has 0 aromatic carbocycles. The first kappa shape index (κ1) is 25.7. The summed E-state index contributed by atoms with van der Waals surface area (Å²) in [4.78, 5) is 0. The molecule has 0 atom stereocenters. The molecule has 0 spiro atoms. The first-order chi connectivity index (χ1) is 12.7. The minimum atomic E-state index is 0.922. The lowest BCUT2D eigenvalue weighted by Gasteiger charge is -2.18. The second kappa shape index (κ2) is 21.0. The molecule has 26 heavy (non-hydrogen) atoms. The predicted molar refractivity (Wildman–Crippen MR) is 122 cm³/mol. The van der Waals surface area contributed by atoms with E-state index in [4.69, 9.17) is 0 Å². The Morgan fingerprint density at radius 2 is 0.923 bits per heavy atom. The van der Waals surface area contributed by atoms with E-state index in [0.29, 0.717) is 0 Å². The van der Waals surface area contributed by atoms with E-state index in [9.17, 15) is 0 Å². The van der Waals surface area contributed by atoms with E-state index in [-0.39, 0.29) is 0 Å². The minimum Gasteiger partial charge on any atom is -0.0999 e. The molecule has 0 aromatic rings. The fourth-order valence-corrected chi connectivity index (χ4v) is 4.09. The number of hydrogen-bond donors (Lipinski definition) is 0. The molecule has 0 aliphatic heterocycles. The summed E-state index contributed by atoms with van der Waals surface area (Å²) in [7, 11) is 0. The van der Waals surface area contributed by atoms with E-state index in [1.54, 1.807) is 5.57 Å². The zero-order valence-corrected chi connectivity index (χ0v) is 18.9. The van der Waals surface area contributed by atoms with Crippen molar-refractivity contribution in [3.05, 3.63) is 12.2 Å². The van der Waals surface area contributed by atoms with Gasteiger partial charge in [-0.15, -0.1) is 0 Å². The van der Waals surface area contributed by atoms with Crippen LogP contribution < -0.4 is 0 Å². The van der Waals surface area contributed by atoms with Gasteiger partial charge in [-0.2, -0.15) is 0 Å². The van der Waals surface area contributed by atoms with E-state index in [1.165, 1.54) is 128 Å². The van der Waals surface area contributed by atoms with E-state index < -0.39 is 0 Å². The Labute approximate surface area is 167 Å². The molecular weight excluding hydrogens is 312 g/mol. The molecule has 0 rings (SSSR count). The first-order valence-electron chi connectivity index (χ1n) is 12.4. The van der Waals surface area contributed by atoms with Crippen molar-refractivity contribution in [1.82, 2.24) is 0 Å². The van der Waals surface area contributed by atoms with Crippen LogP contribution >= 0.6 is 0 Å². The first-order valence-corrected chi connectivity index (χ1v) is 12.4. The summed E-state index contributed by atoms with van der Waals surface area (Å²) in [6.45, 7) is 11.3. The quantitative estimate of drug-likeness (QED) is 0.140. The fourth-order valence-electron chi connectivity index (χ4n) is 4.09. The maximum atomic E-state index is 4.43. The number of unbranched alkanes of at least 4 members (excludes halogenated alkanes) is 13. The highest BCUT2D eigenvalue weighted by molar-refractivity contribution is 4.95. The summed E-state index contributed by atoms with van der Waals surface area (Å²) < 4.78 is 0. The van der Waals surface area contributed by atoms with Gasteiger partial charge in [0.1, 0.15) is 0 Å². The average Bonchev–Trinajstić information content (AvgIpc) is 2.64. The molecule has 0 saturated heterocycles. The Balaban J connectivity index is 3.99. The van der Waals surface area contributed by atoms with Crippen LogP contribution in [0.4, 0.5) is 0 Å². The molecule has 0 bridgehead atoms. The van der Waals surface area contributed by atoms with Gasteiger partial charge in [-0.25, -0.2) is 0 Å². The summed E-state index contributed by atoms with van der Waals surface area (Å²) in [6, 6.07) is 0. The van der Waals surface area contributed by atoms with Crippen LogP contribution in [-0.4, -0.2) is 0 Å². The topological polar surface area (TPSA) is 0 Å². The van der Waals surface area contributed by atoms with E-state index >= 15 is 0 Å². The standard InChI is InChI=1S/C26H52/c1-5-8-11-14-16-19-22-26(23-20-17-15-12-9-6-2)24-25(4)21-18-13-10-7-3/h26H,4-24H2,1-3H3. The third-order valence-corrected chi connectivity index (χ3v) is 5.89. The highest BCUT2D eigenvalue weighted by Crippen LogP contribution is 2.26. The van der Waals surface area contributed by atoms with Crippen LogP contribution in [0.15, 0.2) is 12.2 Å². The highest BCUT2D eigenvalue weighted by atomic mass is 14.2. The number of rotatable bonds is 21.